The molecule has 1 N–H and O–H groups in total. The molecule has 0 aliphatic rings. The maximum Gasteiger partial charge on any atom is 0.261 e. The zero-order valence-corrected chi connectivity index (χ0v) is 14.3. The fourth-order valence-electron chi connectivity index (χ4n) is 1.92. The molecule has 0 bridgehead atoms. The van der Waals surface area contributed by atoms with Crippen molar-refractivity contribution in [3.8, 4) is 11.5 Å². The van der Waals surface area contributed by atoms with Crippen LogP contribution in [0.1, 0.15) is 12.5 Å². The quantitative estimate of drug-likeness (QED) is 0.850. The molecule has 6 heteroatoms. The maximum atomic E-state index is 12.1. The number of carbonyl (C=O) groups excluding carboxylic acids is 1. The van der Waals surface area contributed by atoms with E-state index in [2.05, 4.69) is 5.32 Å². The summed E-state index contributed by atoms with van der Waals surface area (Å²) < 4.78 is 10.7. The van der Waals surface area contributed by atoms with Gasteiger partial charge in [-0.25, -0.2) is 0 Å². The number of methoxy groups -OCH3 is 1. The van der Waals surface area contributed by atoms with E-state index < -0.39 is 6.10 Å². The van der Waals surface area contributed by atoms with Crippen LogP contribution in [0, 0.1) is 0 Å². The SMILES string of the molecule is COc1cccc(O[C@H](C)C(=O)NCc2ccc(Cl)cc2Cl)c1. The molecule has 0 spiro atoms. The van der Waals surface area contributed by atoms with Gasteiger partial charge in [0.2, 0.25) is 0 Å². The van der Waals surface area contributed by atoms with Crippen molar-refractivity contribution < 1.29 is 14.3 Å². The minimum Gasteiger partial charge on any atom is -0.497 e. The summed E-state index contributed by atoms with van der Waals surface area (Å²) >= 11 is 11.9. The summed E-state index contributed by atoms with van der Waals surface area (Å²) in [4.78, 5) is 12.1. The fourth-order valence-corrected chi connectivity index (χ4v) is 2.40. The second kappa shape index (κ2) is 8.09. The number of carbonyl (C=O) groups is 1. The van der Waals surface area contributed by atoms with Crippen LogP contribution in [-0.4, -0.2) is 19.1 Å². The van der Waals surface area contributed by atoms with Gasteiger partial charge in [-0.1, -0.05) is 35.3 Å². The van der Waals surface area contributed by atoms with Crippen molar-refractivity contribution >= 4 is 29.1 Å². The van der Waals surface area contributed by atoms with E-state index in [9.17, 15) is 4.79 Å². The zero-order chi connectivity index (χ0) is 16.8. The van der Waals surface area contributed by atoms with Gasteiger partial charge in [0.1, 0.15) is 11.5 Å². The van der Waals surface area contributed by atoms with E-state index in [-0.39, 0.29) is 5.91 Å². The molecule has 4 nitrogen and oxygen atoms in total. The molecule has 0 aliphatic heterocycles. The molecule has 0 aliphatic carbocycles. The molecule has 2 aromatic rings. The van der Waals surface area contributed by atoms with Gasteiger partial charge in [-0.2, -0.15) is 0 Å². The van der Waals surface area contributed by atoms with Crippen molar-refractivity contribution in [1.82, 2.24) is 5.32 Å². The van der Waals surface area contributed by atoms with Crippen molar-refractivity contribution in [2.24, 2.45) is 0 Å². The first-order chi connectivity index (χ1) is 11.0. The minimum absolute atomic E-state index is 0.237. The molecule has 0 saturated carbocycles. The Labute approximate surface area is 145 Å². The Morgan fingerprint density at radius 3 is 2.61 bits per heavy atom. The van der Waals surface area contributed by atoms with Gasteiger partial charge < -0.3 is 14.8 Å². The lowest BCUT2D eigenvalue weighted by Gasteiger charge is -2.15. The predicted octanol–water partition coefficient (Wildman–Crippen LogP) is 4.09. The Kier molecular flexibility index (Phi) is 6.13. The van der Waals surface area contributed by atoms with Crippen molar-refractivity contribution in [2.75, 3.05) is 7.11 Å². The van der Waals surface area contributed by atoms with Crippen LogP contribution in [0.5, 0.6) is 11.5 Å². The van der Waals surface area contributed by atoms with Crippen molar-refractivity contribution in [3.05, 3.63) is 58.1 Å². The molecule has 23 heavy (non-hydrogen) atoms. The van der Waals surface area contributed by atoms with Crippen molar-refractivity contribution in [1.29, 1.82) is 0 Å². The first-order valence-corrected chi connectivity index (χ1v) is 7.77. The average molecular weight is 354 g/mol. The summed E-state index contributed by atoms with van der Waals surface area (Å²) in [6.45, 7) is 1.99. The Morgan fingerprint density at radius 2 is 1.91 bits per heavy atom. The van der Waals surface area contributed by atoms with Gasteiger partial charge in [0.25, 0.3) is 5.91 Å². The first-order valence-electron chi connectivity index (χ1n) is 7.02. The van der Waals surface area contributed by atoms with Gasteiger partial charge in [0, 0.05) is 22.7 Å². The lowest BCUT2D eigenvalue weighted by Crippen LogP contribution is -2.35. The second-order valence-corrected chi connectivity index (χ2v) is 5.74. The standard InChI is InChI=1S/C17H17Cl2NO3/c1-11(23-15-5-3-4-14(9-15)22-2)17(21)20-10-12-6-7-13(18)8-16(12)19/h3-9,11H,10H2,1-2H3,(H,20,21)/t11-/m1/s1. The van der Waals surface area contributed by atoms with Crippen LogP contribution in [-0.2, 0) is 11.3 Å². The van der Waals surface area contributed by atoms with Gasteiger partial charge >= 0.3 is 0 Å². The average Bonchev–Trinajstić information content (AvgIpc) is 2.54. The molecule has 1 amide bonds. The summed E-state index contributed by atoms with van der Waals surface area (Å²) in [7, 11) is 1.57. The molecule has 0 aromatic heterocycles. The fraction of sp³-hybridized carbons (Fsp3) is 0.235. The molecule has 2 aromatic carbocycles. The van der Waals surface area contributed by atoms with E-state index in [1.807, 2.05) is 0 Å². The molecule has 0 fully saturated rings. The van der Waals surface area contributed by atoms with Crippen molar-refractivity contribution in [2.45, 2.75) is 19.6 Å². The Balaban J connectivity index is 1.91. The molecular formula is C17H17Cl2NO3. The van der Waals surface area contributed by atoms with E-state index in [4.69, 9.17) is 32.7 Å². The molecule has 0 heterocycles. The summed E-state index contributed by atoms with van der Waals surface area (Å²) in [5.74, 6) is 0.999. The largest absolute Gasteiger partial charge is 0.497 e. The van der Waals surface area contributed by atoms with E-state index in [1.54, 1.807) is 56.5 Å². The highest BCUT2D eigenvalue weighted by Gasteiger charge is 2.15. The third-order valence-corrected chi connectivity index (χ3v) is 3.78. The first kappa shape index (κ1) is 17.4. The Morgan fingerprint density at radius 1 is 1.17 bits per heavy atom. The van der Waals surface area contributed by atoms with Crippen LogP contribution < -0.4 is 14.8 Å². The van der Waals surface area contributed by atoms with Gasteiger partial charge in [-0.05, 0) is 36.8 Å². The molecule has 122 valence electrons. The summed E-state index contributed by atoms with van der Waals surface area (Å²) in [5.41, 5.74) is 0.790. The number of amides is 1. The normalized spacial score (nSPS) is 11.7. The summed E-state index contributed by atoms with van der Waals surface area (Å²) in [5, 5.41) is 3.85. The predicted molar refractivity (Wildman–Crippen MR) is 91.4 cm³/mol. The monoisotopic (exact) mass is 353 g/mol. The molecule has 2 rings (SSSR count). The topological polar surface area (TPSA) is 47.6 Å². The third-order valence-electron chi connectivity index (χ3n) is 3.19. The summed E-state index contributed by atoms with van der Waals surface area (Å²) in [6.07, 6.45) is -0.645. The molecular weight excluding hydrogens is 337 g/mol. The second-order valence-electron chi connectivity index (χ2n) is 4.89. The number of ether oxygens (including phenoxy) is 2. The van der Waals surface area contributed by atoms with Crippen LogP contribution >= 0.6 is 23.2 Å². The van der Waals surface area contributed by atoms with Gasteiger partial charge in [0.15, 0.2) is 6.10 Å². The van der Waals surface area contributed by atoms with E-state index in [0.29, 0.717) is 28.1 Å². The van der Waals surface area contributed by atoms with Crippen LogP contribution in [0.2, 0.25) is 10.0 Å². The van der Waals surface area contributed by atoms with Gasteiger partial charge in [0.05, 0.1) is 7.11 Å². The van der Waals surface area contributed by atoms with Crippen LogP contribution in [0.25, 0.3) is 0 Å². The third kappa shape index (κ3) is 5.05. The lowest BCUT2D eigenvalue weighted by molar-refractivity contribution is -0.127. The lowest BCUT2D eigenvalue weighted by atomic mass is 10.2. The van der Waals surface area contributed by atoms with E-state index >= 15 is 0 Å². The van der Waals surface area contributed by atoms with Gasteiger partial charge in [-0.15, -0.1) is 0 Å². The number of rotatable bonds is 6. The highest BCUT2D eigenvalue weighted by atomic mass is 35.5. The van der Waals surface area contributed by atoms with E-state index in [0.717, 1.165) is 5.56 Å². The summed E-state index contributed by atoms with van der Waals surface area (Å²) in [6, 6.07) is 12.2. The number of halogens is 2. The molecule has 0 radical (unpaired) electrons. The molecule has 1 atom stereocenters. The number of nitrogens with one attached hydrogen (secondary N) is 1. The smallest absolute Gasteiger partial charge is 0.261 e. The van der Waals surface area contributed by atoms with Crippen molar-refractivity contribution in [3.63, 3.8) is 0 Å². The Bertz CT molecular complexity index is 691. The van der Waals surface area contributed by atoms with Crippen LogP contribution in [0.4, 0.5) is 0 Å². The highest BCUT2D eigenvalue weighted by Crippen LogP contribution is 2.21. The zero-order valence-electron chi connectivity index (χ0n) is 12.8. The highest BCUT2D eigenvalue weighted by molar-refractivity contribution is 6.35. The molecule has 0 unspecified atom stereocenters. The number of hydrogen-bond donors (Lipinski definition) is 1. The Hall–Kier alpha value is -1.91. The maximum absolute atomic E-state index is 12.1. The minimum atomic E-state index is -0.645. The molecule has 0 saturated heterocycles. The number of benzene rings is 2. The number of hydrogen-bond acceptors (Lipinski definition) is 3. The van der Waals surface area contributed by atoms with E-state index in [1.165, 1.54) is 0 Å². The van der Waals surface area contributed by atoms with Gasteiger partial charge in [-0.3, -0.25) is 4.79 Å². The van der Waals surface area contributed by atoms with Crippen LogP contribution in [0.3, 0.4) is 0 Å². The van der Waals surface area contributed by atoms with Crippen LogP contribution in [0.15, 0.2) is 42.5 Å².